The highest BCUT2D eigenvalue weighted by Crippen LogP contribution is 2.29. The second-order valence-electron chi connectivity index (χ2n) is 6.96. The summed E-state index contributed by atoms with van der Waals surface area (Å²) in [5, 5.41) is 12.5. The number of nitrogens with zero attached hydrogens (tertiary/aromatic N) is 4. The molecule has 2 aromatic carbocycles. The van der Waals surface area contributed by atoms with Gasteiger partial charge in [-0.15, -0.1) is 10.2 Å². The number of carbonyl (C=O) groups excluding carboxylic acids is 1. The van der Waals surface area contributed by atoms with E-state index >= 15 is 0 Å². The van der Waals surface area contributed by atoms with Gasteiger partial charge in [0.2, 0.25) is 5.91 Å². The van der Waals surface area contributed by atoms with E-state index in [1.165, 1.54) is 11.8 Å². The lowest BCUT2D eigenvalue weighted by Gasteiger charge is -2.23. The molecule has 0 fully saturated rings. The number of para-hydroxylation sites is 1. The quantitative estimate of drug-likeness (QED) is 0.522. The number of aromatic nitrogens is 3. The van der Waals surface area contributed by atoms with Crippen LogP contribution in [0, 0.1) is 0 Å². The predicted molar refractivity (Wildman–Crippen MR) is 120 cm³/mol. The number of amides is 1. The van der Waals surface area contributed by atoms with Crippen molar-refractivity contribution in [2.75, 3.05) is 32.3 Å². The van der Waals surface area contributed by atoms with Gasteiger partial charge in [0.05, 0.1) is 18.9 Å². The normalized spacial score (nSPS) is 12.0. The minimum Gasteiger partial charge on any atom is -0.497 e. The van der Waals surface area contributed by atoms with E-state index < -0.39 is 0 Å². The van der Waals surface area contributed by atoms with Crippen molar-refractivity contribution in [2.45, 2.75) is 24.5 Å². The molecule has 0 bridgehead atoms. The van der Waals surface area contributed by atoms with Gasteiger partial charge in [0.1, 0.15) is 5.75 Å². The minimum atomic E-state index is -0.0864. The fourth-order valence-corrected chi connectivity index (χ4v) is 3.95. The SMILES string of the molecule is CCC(c1nnc(SCC(=O)Nc2ccccc2)n1-c1ccc(OC)cc1)N(C)C. The number of carbonyl (C=O) groups is 1. The van der Waals surface area contributed by atoms with Crippen molar-refractivity contribution in [2.24, 2.45) is 0 Å². The number of hydrogen-bond acceptors (Lipinski definition) is 6. The first-order valence-corrected chi connectivity index (χ1v) is 10.8. The van der Waals surface area contributed by atoms with Crippen molar-refractivity contribution in [3.63, 3.8) is 0 Å². The molecule has 1 N–H and O–H groups in total. The van der Waals surface area contributed by atoms with Crippen LogP contribution in [0.4, 0.5) is 5.69 Å². The summed E-state index contributed by atoms with van der Waals surface area (Å²) in [4.78, 5) is 14.5. The smallest absolute Gasteiger partial charge is 0.234 e. The highest BCUT2D eigenvalue weighted by molar-refractivity contribution is 7.99. The molecular weight excluding hydrogens is 398 g/mol. The molecule has 0 saturated carbocycles. The van der Waals surface area contributed by atoms with Gasteiger partial charge < -0.3 is 10.1 Å². The van der Waals surface area contributed by atoms with E-state index in [4.69, 9.17) is 4.74 Å². The predicted octanol–water partition coefficient (Wildman–Crippen LogP) is 4.02. The number of benzene rings is 2. The van der Waals surface area contributed by atoms with Crippen LogP contribution in [0.1, 0.15) is 25.2 Å². The highest BCUT2D eigenvalue weighted by atomic mass is 32.2. The number of ether oxygens (including phenoxy) is 1. The third-order valence-corrected chi connectivity index (χ3v) is 5.62. The fourth-order valence-electron chi connectivity index (χ4n) is 3.19. The molecule has 0 aliphatic heterocycles. The van der Waals surface area contributed by atoms with Gasteiger partial charge in [-0.1, -0.05) is 36.9 Å². The summed E-state index contributed by atoms with van der Waals surface area (Å²) < 4.78 is 7.30. The van der Waals surface area contributed by atoms with Gasteiger partial charge in [-0.05, 0) is 56.9 Å². The Morgan fingerprint density at radius 3 is 2.43 bits per heavy atom. The van der Waals surface area contributed by atoms with Crippen LogP contribution in [-0.2, 0) is 4.79 Å². The second-order valence-corrected chi connectivity index (χ2v) is 7.91. The number of methoxy groups -OCH3 is 1. The maximum absolute atomic E-state index is 12.4. The summed E-state index contributed by atoms with van der Waals surface area (Å²) in [7, 11) is 5.70. The first-order chi connectivity index (χ1) is 14.5. The van der Waals surface area contributed by atoms with Crippen LogP contribution in [0.25, 0.3) is 5.69 Å². The molecule has 1 aromatic heterocycles. The molecule has 0 radical (unpaired) electrons. The lowest BCUT2D eigenvalue weighted by Crippen LogP contribution is -2.23. The van der Waals surface area contributed by atoms with Crippen LogP contribution < -0.4 is 10.1 Å². The lowest BCUT2D eigenvalue weighted by atomic mass is 10.2. The molecule has 3 rings (SSSR count). The molecular formula is C22H27N5O2S. The van der Waals surface area contributed by atoms with E-state index in [-0.39, 0.29) is 17.7 Å². The van der Waals surface area contributed by atoms with E-state index in [0.717, 1.165) is 29.4 Å². The first kappa shape index (κ1) is 21.9. The average Bonchev–Trinajstić information content (AvgIpc) is 3.17. The van der Waals surface area contributed by atoms with Crippen molar-refractivity contribution < 1.29 is 9.53 Å². The van der Waals surface area contributed by atoms with Crippen molar-refractivity contribution in [3.05, 3.63) is 60.4 Å². The Balaban J connectivity index is 1.86. The van der Waals surface area contributed by atoms with Crippen LogP contribution in [-0.4, -0.2) is 52.5 Å². The Morgan fingerprint density at radius 1 is 1.13 bits per heavy atom. The summed E-state index contributed by atoms with van der Waals surface area (Å²) >= 11 is 1.37. The molecule has 0 saturated heterocycles. The van der Waals surface area contributed by atoms with Crippen LogP contribution in [0.2, 0.25) is 0 Å². The number of nitrogens with one attached hydrogen (secondary N) is 1. The molecule has 3 aromatic rings. The van der Waals surface area contributed by atoms with E-state index in [2.05, 4.69) is 27.3 Å². The zero-order valence-corrected chi connectivity index (χ0v) is 18.5. The zero-order chi connectivity index (χ0) is 21.5. The van der Waals surface area contributed by atoms with Gasteiger partial charge in [-0.3, -0.25) is 14.3 Å². The van der Waals surface area contributed by atoms with E-state index in [1.807, 2.05) is 73.3 Å². The lowest BCUT2D eigenvalue weighted by molar-refractivity contribution is -0.113. The fraction of sp³-hybridized carbons (Fsp3) is 0.318. The molecule has 1 atom stereocenters. The molecule has 0 aliphatic rings. The molecule has 8 heteroatoms. The second kappa shape index (κ2) is 10.3. The number of hydrogen-bond donors (Lipinski definition) is 1. The molecule has 0 aliphatic carbocycles. The van der Waals surface area contributed by atoms with Gasteiger partial charge in [-0.25, -0.2) is 0 Å². The van der Waals surface area contributed by atoms with Gasteiger partial charge in [0.15, 0.2) is 11.0 Å². The first-order valence-electron chi connectivity index (χ1n) is 9.77. The maximum Gasteiger partial charge on any atom is 0.234 e. The van der Waals surface area contributed by atoms with E-state index in [9.17, 15) is 4.79 Å². The standard InChI is InChI=1S/C22H27N5O2S/c1-5-19(26(2)3)21-24-25-22(27(21)17-11-13-18(29-4)14-12-17)30-15-20(28)23-16-9-7-6-8-10-16/h6-14,19H,5,15H2,1-4H3,(H,23,28). The van der Waals surface area contributed by atoms with Crippen LogP contribution >= 0.6 is 11.8 Å². The van der Waals surface area contributed by atoms with Crippen LogP contribution in [0.15, 0.2) is 59.8 Å². The number of thioether (sulfide) groups is 1. The number of anilines is 1. The van der Waals surface area contributed by atoms with Crippen molar-refractivity contribution >= 4 is 23.4 Å². The Hall–Kier alpha value is -2.84. The molecule has 30 heavy (non-hydrogen) atoms. The molecule has 1 unspecified atom stereocenters. The Labute approximate surface area is 181 Å². The summed E-state index contributed by atoms with van der Waals surface area (Å²) in [6.45, 7) is 2.12. The molecule has 0 spiro atoms. The van der Waals surface area contributed by atoms with E-state index in [1.54, 1.807) is 7.11 Å². The summed E-state index contributed by atoms with van der Waals surface area (Å²) in [5.74, 6) is 1.78. The highest BCUT2D eigenvalue weighted by Gasteiger charge is 2.23. The Morgan fingerprint density at radius 2 is 1.83 bits per heavy atom. The zero-order valence-electron chi connectivity index (χ0n) is 17.7. The van der Waals surface area contributed by atoms with Gasteiger partial charge in [-0.2, -0.15) is 0 Å². The summed E-state index contributed by atoms with van der Waals surface area (Å²) in [6, 6.07) is 17.3. The monoisotopic (exact) mass is 425 g/mol. The van der Waals surface area contributed by atoms with Gasteiger partial charge in [0.25, 0.3) is 0 Å². The largest absolute Gasteiger partial charge is 0.497 e. The Kier molecular flexibility index (Phi) is 7.48. The van der Waals surface area contributed by atoms with Crippen LogP contribution in [0.5, 0.6) is 5.75 Å². The summed E-state index contributed by atoms with van der Waals surface area (Å²) in [5.41, 5.74) is 1.71. The van der Waals surface area contributed by atoms with Crippen molar-refractivity contribution in [3.8, 4) is 11.4 Å². The maximum atomic E-state index is 12.4. The van der Waals surface area contributed by atoms with Crippen molar-refractivity contribution in [1.82, 2.24) is 19.7 Å². The van der Waals surface area contributed by atoms with E-state index in [0.29, 0.717) is 5.16 Å². The van der Waals surface area contributed by atoms with Gasteiger partial charge >= 0.3 is 0 Å². The molecule has 7 nitrogen and oxygen atoms in total. The third-order valence-electron chi connectivity index (χ3n) is 4.69. The van der Waals surface area contributed by atoms with Gasteiger partial charge in [0, 0.05) is 11.4 Å². The molecule has 1 heterocycles. The summed E-state index contributed by atoms with van der Waals surface area (Å²) in [6.07, 6.45) is 0.889. The van der Waals surface area contributed by atoms with Crippen LogP contribution in [0.3, 0.4) is 0 Å². The Bertz CT molecular complexity index is 957. The number of rotatable bonds is 9. The molecule has 1 amide bonds. The van der Waals surface area contributed by atoms with Crippen molar-refractivity contribution in [1.29, 1.82) is 0 Å². The third kappa shape index (κ3) is 5.20. The average molecular weight is 426 g/mol. The minimum absolute atomic E-state index is 0.0864. The topological polar surface area (TPSA) is 72.3 Å². The molecule has 158 valence electrons.